The number of rotatable bonds is 6. The fraction of sp³-hybridized carbons (Fsp3) is 0.222. The molecule has 0 saturated carbocycles. The lowest BCUT2D eigenvalue weighted by Crippen LogP contribution is -2.20. The summed E-state index contributed by atoms with van der Waals surface area (Å²) in [6.07, 6.45) is 0. The second-order valence-electron chi connectivity index (χ2n) is 5.66. The molecule has 0 bridgehead atoms. The number of amides is 1. The monoisotopic (exact) mass is 345 g/mol. The van der Waals surface area contributed by atoms with Crippen LogP contribution in [0.25, 0.3) is 0 Å². The van der Waals surface area contributed by atoms with Crippen molar-refractivity contribution in [2.75, 3.05) is 11.1 Å². The van der Waals surface area contributed by atoms with Crippen molar-refractivity contribution in [1.29, 1.82) is 0 Å². The van der Waals surface area contributed by atoms with Gasteiger partial charge < -0.3 is 10.4 Å². The minimum Gasteiger partial charge on any atom is -0.478 e. The molecule has 0 heterocycles. The first kappa shape index (κ1) is 17.9. The van der Waals surface area contributed by atoms with Gasteiger partial charge in [0.05, 0.1) is 5.56 Å². The van der Waals surface area contributed by atoms with E-state index in [4.69, 9.17) is 5.11 Å². The molecule has 24 heavy (non-hydrogen) atoms. The smallest absolute Gasteiger partial charge is 0.335 e. The molecule has 1 unspecified atom stereocenters. The number of hydrogen-bond acceptors (Lipinski definition) is 3. The molecule has 0 saturated heterocycles. The molecule has 2 N–H and O–H groups in total. The summed E-state index contributed by atoms with van der Waals surface area (Å²) in [5.41, 5.74) is 3.54. The highest BCUT2D eigenvalue weighted by atomic mass is 32.2. The van der Waals surface area contributed by atoms with E-state index >= 15 is 0 Å². The standard InChI is InChI=1S/C18H19NO4S/c1-12-6-13(2)8-16(7-12)19-17(20)11-24(23)10-14-4-3-5-15(9-14)18(21)22/h3-9H,10-11H2,1-2H3,(H,19,20)(H,21,22). The third-order valence-electron chi connectivity index (χ3n) is 3.30. The number of carbonyl (C=O) groups is 2. The third kappa shape index (κ3) is 5.31. The maximum Gasteiger partial charge on any atom is 0.335 e. The Labute approximate surface area is 143 Å². The molecule has 0 radical (unpaired) electrons. The summed E-state index contributed by atoms with van der Waals surface area (Å²) < 4.78 is 12.1. The molecule has 0 aliphatic carbocycles. The first-order valence-electron chi connectivity index (χ1n) is 7.39. The van der Waals surface area contributed by atoms with E-state index in [9.17, 15) is 13.8 Å². The maximum atomic E-state index is 12.1. The second-order valence-corrected chi connectivity index (χ2v) is 7.12. The summed E-state index contributed by atoms with van der Waals surface area (Å²) in [7, 11) is -1.41. The normalized spacial score (nSPS) is 11.8. The predicted molar refractivity (Wildman–Crippen MR) is 94.7 cm³/mol. The van der Waals surface area contributed by atoms with E-state index in [0.717, 1.165) is 11.1 Å². The van der Waals surface area contributed by atoms with Crippen LogP contribution in [-0.2, 0) is 21.3 Å². The summed E-state index contributed by atoms with van der Waals surface area (Å²) in [5.74, 6) is -1.35. The predicted octanol–water partition coefficient (Wildman–Crippen LogP) is 2.89. The molecule has 1 atom stereocenters. The molecule has 0 aliphatic rings. The van der Waals surface area contributed by atoms with E-state index in [1.54, 1.807) is 12.1 Å². The van der Waals surface area contributed by atoms with Gasteiger partial charge in [-0.3, -0.25) is 9.00 Å². The van der Waals surface area contributed by atoms with Gasteiger partial charge in [0.15, 0.2) is 0 Å². The quantitative estimate of drug-likeness (QED) is 0.843. The minimum absolute atomic E-state index is 0.135. The van der Waals surface area contributed by atoms with Crippen LogP contribution in [0, 0.1) is 13.8 Å². The summed E-state index contributed by atoms with van der Waals surface area (Å²) >= 11 is 0. The fourth-order valence-corrected chi connectivity index (χ4v) is 3.44. The molecule has 0 spiro atoms. The van der Waals surface area contributed by atoms with Crippen molar-refractivity contribution in [3.8, 4) is 0 Å². The Bertz CT molecular complexity index is 781. The van der Waals surface area contributed by atoms with Gasteiger partial charge in [-0.1, -0.05) is 18.2 Å². The lowest BCUT2D eigenvalue weighted by molar-refractivity contribution is -0.113. The number of aryl methyl sites for hydroxylation is 2. The van der Waals surface area contributed by atoms with Crippen LogP contribution < -0.4 is 5.32 Å². The van der Waals surface area contributed by atoms with Gasteiger partial charge in [0.1, 0.15) is 5.75 Å². The third-order valence-corrected chi connectivity index (χ3v) is 4.54. The van der Waals surface area contributed by atoms with Gasteiger partial charge in [0, 0.05) is 22.2 Å². The molecular weight excluding hydrogens is 326 g/mol. The lowest BCUT2D eigenvalue weighted by atomic mass is 10.1. The Morgan fingerprint density at radius 2 is 1.75 bits per heavy atom. The van der Waals surface area contributed by atoms with Crippen molar-refractivity contribution in [2.24, 2.45) is 0 Å². The molecule has 6 heteroatoms. The van der Waals surface area contributed by atoms with Gasteiger partial charge in [0.25, 0.3) is 0 Å². The average molecular weight is 345 g/mol. The number of carboxylic acids is 1. The van der Waals surface area contributed by atoms with Gasteiger partial charge in [-0.15, -0.1) is 0 Å². The largest absolute Gasteiger partial charge is 0.478 e. The molecule has 126 valence electrons. The van der Waals surface area contributed by atoms with E-state index in [2.05, 4.69) is 5.32 Å². The minimum atomic E-state index is -1.41. The van der Waals surface area contributed by atoms with Crippen LogP contribution >= 0.6 is 0 Å². The Morgan fingerprint density at radius 3 is 2.38 bits per heavy atom. The summed E-state index contributed by atoms with van der Waals surface area (Å²) in [6.45, 7) is 3.88. The van der Waals surface area contributed by atoms with Gasteiger partial charge in [-0.2, -0.15) is 0 Å². The zero-order valence-corrected chi connectivity index (χ0v) is 14.4. The molecule has 2 aromatic rings. The van der Waals surface area contributed by atoms with Crippen LogP contribution in [0.5, 0.6) is 0 Å². The summed E-state index contributed by atoms with van der Waals surface area (Å²) in [5, 5.41) is 11.7. The van der Waals surface area contributed by atoms with E-state index in [1.807, 2.05) is 32.0 Å². The molecule has 0 fully saturated rings. The number of carbonyl (C=O) groups excluding carboxylic acids is 1. The Hall–Kier alpha value is -2.47. The van der Waals surface area contributed by atoms with Crippen LogP contribution in [0.4, 0.5) is 5.69 Å². The molecule has 1 amide bonds. The van der Waals surface area contributed by atoms with E-state index in [0.29, 0.717) is 11.3 Å². The number of nitrogens with one attached hydrogen (secondary N) is 1. The zero-order chi connectivity index (χ0) is 17.7. The van der Waals surface area contributed by atoms with Crippen molar-refractivity contribution in [1.82, 2.24) is 0 Å². The van der Waals surface area contributed by atoms with Crippen LogP contribution in [-0.4, -0.2) is 26.9 Å². The van der Waals surface area contributed by atoms with Crippen molar-refractivity contribution < 1.29 is 18.9 Å². The Kier molecular flexibility index (Phi) is 5.87. The van der Waals surface area contributed by atoms with Crippen LogP contribution in [0.2, 0.25) is 0 Å². The molecule has 2 aromatic carbocycles. The van der Waals surface area contributed by atoms with E-state index in [-0.39, 0.29) is 23.0 Å². The first-order valence-corrected chi connectivity index (χ1v) is 8.87. The topological polar surface area (TPSA) is 83.5 Å². The number of anilines is 1. The van der Waals surface area contributed by atoms with E-state index < -0.39 is 16.8 Å². The highest BCUT2D eigenvalue weighted by Gasteiger charge is 2.11. The lowest BCUT2D eigenvalue weighted by Gasteiger charge is -2.08. The van der Waals surface area contributed by atoms with Crippen molar-refractivity contribution >= 4 is 28.4 Å². The number of hydrogen-bond donors (Lipinski definition) is 2. The van der Waals surface area contributed by atoms with Crippen molar-refractivity contribution in [2.45, 2.75) is 19.6 Å². The van der Waals surface area contributed by atoms with Gasteiger partial charge in [-0.25, -0.2) is 4.79 Å². The fourth-order valence-electron chi connectivity index (χ4n) is 2.42. The molecule has 0 aromatic heterocycles. The summed E-state index contributed by atoms with van der Waals surface area (Å²) in [6, 6.07) is 12.0. The zero-order valence-electron chi connectivity index (χ0n) is 13.5. The van der Waals surface area contributed by atoms with E-state index in [1.165, 1.54) is 12.1 Å². The van der Waals surface area contributed by atoms with Crippen LogP contribution in [0.15, 0.2) is 42.5 Å². The first-order chi connectivity index (χ1) is 11.3. The number of benzene rings is 2. The van der Waals surface area contributed by atoms with Gasteiger partial charge >= 0.3 is 5.97 Å². The second kappa shape index (κ2) is 7.88. The number of carboxylic acid groups (broad SMARTS) is 1. The number of aromatic carboxylic acids is 1. The van der Waals surface area contributed by atoms with Crippen LogP contribution in [0.3, 0.4) is 0 Å². The van der Waals surface area contributed by atoms with Gasteiger partial charge in [0.2, 0.25) is 5.91 Å². The van der Waals surface area contributed by atoms with Crippen molar-refractivity contribution in [3.05, 3.63) is 64.7 Å². The van der Waals surface area contributed by atoms with Crippen LogP contribution in [0.1, 0.15) is 27.0 Å². The maximum absolute atomic E-state index is 12.1. The average Bonchev–Trinajstić information content (AvgIpc) is 2.45. The highest BCUT2D eigenvalue weighted by Crippen LogP contribution is 2.14. The summed E-state index contributed by atoms with van der Waals surface area (Å²) in [4.78, 5) is 22.9. The SMILES string of the molecule is Cc1cc(C)cc(NC(=O)CS(=O)Cc2cccc(C(=O)O)c2)c1. The molecule has 0 aliphatic heterocycles. The highest BCUT2D eigenvalue weighted by molar-refractivity contribution is 7.84. The molecular formula is C18H19NO4S. The van der Waals surface area contributed by atoms with Crippen molar-refractivity contribution in [3.63, 3.8) is 0 Å². The Balaban J connectivity index is 1.95. The molecule has 5 nitrogen and oxygen atoms in total. The molecule has 2 rings (SSSR count). The van der Waals surface area contributed by atoms with Gasteiger partial charge in [-0.05, 0) is 54.8 Å². The Morgan fingerprint density at radius 1 is 1.08 bits per heavy atom.